The quantitative estimate of drug-likeness (QED) is 0.644. The molecule has 2 heterocycles. The highest BCUT2D eigenvalue weighted by atomic mass is 32.2. The van der Waals surface area contributed by atoms with Gasteiger partial charge < -0.3 is 9.21 Å². The molecular formula is C11H16N2S. The van der Waals surface area contributed by atoms with Crippen molar-refractivity contribution in [1.29, 1.82) is 0 Å². The van der Waals surface area contributed by atoms with Crippen molar-refractivity contribution in [3.63, 3.8) is 0 Å². The van der Waals surface area contributed by atoms with Crippen LogP contribution in [-0.2, 0) is 0 Å². The fraction of sp³-hybridized carbons (Fsp3) is 0.455. The van der Waals surface area contributed by atoms with Crippen LogP contribution in [0.25, 0.3) is 0 Å². The van der Waals surface area contributed by atoms with E-state index >= 15 is 0 Å². The Kier molecular flexibility index (Phi) is 2.59. The van der Waals surface area contributed by atoms with Gasteiger partial charge in [0.05, 0.1) is 5.70 Å². The molecule has 0 saturated carbocycles. The summed E-state index contributed by atoms with van der Waals surface area (Å²) in [7, 11) is 0. The molecule has 0 radical (unpaired) electrons. The summed E-state index contributed by atoms with van der Waals surface area (Å²) in [6.45, 7) is 5.43. The van der Waals surface area contributed by atoms with Gasteiger partial charge in [-0.15, -0.1) is 0 Å². The Balaban J connectivity index is 2.17. The van der Waals surface area contributed by atoms with Crippen LogP contribution in [0.4, 0.5) is 0 Å². The first kappa shape index (κ1) is 9.71. The van der Waals surface area contributed by atoms with E-state index in [2.05, 4.69) is 53.9 Å². The SMILES string of the molecule is CSN1C=C2C=CC(C(C)C)=CN2C1. The highest BCUT2D eigenvalue weighted by Crippen LogP contribution is 2.28. The van der Waals surface area contributed by atoms with Gasteiger partial charge in [-0.25, -0.2) is 0 Å². The van der Waals surface area contributed by atoms with Gasteiger partial charge in [0.25, 0.3) is 0 Å². The lowest BCUT2D eigenvalue weighted by Crippen LogP contribution is -2.20. The van der Waals surface area contributed by atoms with Gasteiger partial charge in [0.15, 0.2) is 0 Å². The predicted molar refractivity (Wildman–Crippen MR) is 62.2 cm³/mol. The van der Waals surface area contributed by atoms with Crippen molar-refractivity contribution >= 4 is 11.9 Å². The number of hydrogen-bond donors (Lipinski definition) is 0. The van der Waals surface area contributed by atoms with Crippen LogP contribution < -0.4 is 0 Å². The van der Waals surface area contributed by atoms with Gasteiger partial charge in [0, 0.05) is 18.7 Å². The van der Waals surface area contributed by atoms with Crippen molar-refractivity contribution in [1.82, 2.24) is 9.21 Å². The van der Waals surface area contributed by atoms with E-state index in [0.717, 1.165) is 6.67 Å². The predicted octanol–water partition coefficient (Wildman–Crippen LogP) is 2.79. The normalized spacial score (nSPS) is 20.0. The average molecular weight is 208 g/mol. The van der Waals surface area contributed by atoms with E-state index in [0.29, 0.717) is 5.92 Å². The summed E-state index contributed by atoms with van der Waals surface area (Å²) in [5.74, 6) is 0.608. The number of rotatable bonds is 2. The van der Waals surface area contributed by atoms with E-state index < -0.39 is 0 Å². The van der Waals surface area contributed by atoms with Gasteiger partial charge in [-0.1, -0.05) is 31.9 Å². The maximum absolute atomic E-state index is 2.30. The Labute approximate surface area is 90.1 Å². The zero-order valence-electron chi connectivity index (χ0n) is 8.90. The minimum absolute atomic E-state index is 0.608. The molecule has 0 aromatic rings. The van der Waals surface area contributed by atoms with Gasteiger partial charge in [0.1, 0.15) is 6.67 Å². The molecule has 0 aromatic heterocycles. The number of hydrogen-bond acceptors (Lipinski definition) is 3. The Morgan fingerprint density at radius 3 is 2.71 bits per heavy atom. The third kappa shape index (κ3) is 1.69. The molecule has 0 bridgehead atoms. The lowest BCUT2D eigenvalue weighted by Gasteiger charge is -2.22. The van der Waals surface area contributed by atoms with Gasteiger partial charge in [-0.2, -0.15) is 0 Å². The molecule has 0 spiro atoms. The van der Waals surface area contributed by atoms with Gasteiger partial charge in [-0.3, -0.25) is 0 Å². The summed E-state index contributed by atoms with van der Waals surface area (Å²) in [6, 6.07) is 0. The van der Waals surface area contributed by atoms with E-state index in [1.807, 2.05) is 0 Å². The fourth-order valence-corrected chi connectivity index (χ4v) is 2.06. The Morgan fingerprint density at radius 1 is 1.29 bits per heavy atom. The first-order chi connectivity index (χ1) is 6.70. The molecule has 2 aliphatic heterocycles. The second kappa shape index (κ2) is 3.73. The molecule has 0 fully saturated rings. The van der Waals surface area contributed by atoms with Gasteiger partial charge in [0.2, 0.25) is 0 Å². The molecule has 0 N–H and O–H groups in total. The van der Waals surface area contributed by atoms with Crippen molar-refractivity contribution in [3.8, 4) is 0 Å². The molecule has 2 nitrogen and oxygen atoms in total. The van der Waals surface area contributed by atoms with Crippen LogP contribution in [0, 0.1) is 5.92 Å². The minimum atomic E-state index is 0.608. The summed E-state index contributed by atoms with van der Waals surface area (Å²) < 4.78 is 2.24. The zero-order valence-corrected chi connectivity index (χ0v) is 9.71. The Bertz CT molecular complexity index is 315. The molecule has 76 valence electrons. The molecule has 0 aliphatic carbocycles. The fourth-order valence-electron chi connectivity index (χ4n) is 1.61. The van der Waals surface area contributed by atoms with Crippen LogP contribution >= 0.6 is 11.9 Å². The summed E-state index contributed by atoms with van der Waals surface area (Å²) in [5.41, 5.74) is 2.70. The van der Waals surface area contributed by atoms with Crippen LogP contribution in [0.2, 0.25) is 0 Å². The van der Waals surface area contributed by atoms with E-state index in [-0.39, 0.29) is 0 Å². The number of fused-ring (bicyclic) bond motifs is 1. The third-order valence-electron chi connectivity index (χ3n) is 2.55. The Morgan fingerprint density at radius 2 is 2.07 bits per heavy atom. The van der Waals surface area contributed by atoms with E-state index in [1.54, 1.807) is 11.9 Å². The summed E-state index contributed by atoms with van der Waals surface area (Å²) in [6.07, 6.45) is 11.0. The van der Waals surface area contributed by atoms with Crippen molar-refractivity contribution in [2.24, 2.45) is 5.92 Å². The van der Waals surface area contributed by atoms with Gasteiger partial charge >= 0.3 is 0 Å². The average Bonchev–Trinajstić information content (AvgIpc) is 2.58. The second-order valence-electron chi connectivity index (χ2n) is 3.88. The summed E-state index contributed by atoms with van der Waals surface area (Å²) in [5, 5.41) is 0. The van der Waals surface area contributed by atoms with Crippen LogP contribution in [0.5, 0.6) is 0 Å². The molecule has 0 saturated heterocycles. The molecule has 2 aliphatic rings. The third-order valence-corrected chi connectivity index (χ3v) is 3.24. The monoisotopic (exact) mass is 208 g/mol. The summed E-state index contributed by atoms with van der Waals surface area (Å²) >= 11 is 1.76. The van der Waals surface area contributed by atoms with Crippen LogP contribution in [0.3, 0.4) is 0 Å². The van der Waals surface area contributed by atoms with E-state index in [9.17, 15) is 0 Å². The van der Waals surface area contributed by atoms with Crippen molar-refractivity contribution in [3.05, 3.63) is 35.8 Å². The maximum atomic E-state index is 2.30. The van der Waals surface area contributed by atoms with Crippen molar-refractivity contribution in [2.75, 3.05) is 12.9 Å². The molecule has 14 heavy (non-hydrogen) atoms. The highest BCUT2D eigenvalue weighted by molar-refractivity contribution is 7.96. The molecule has 0 aromatic carbocycles. The number of nitrogens with zero attached hydrogens (tertiary/aromatic N) is 2. The number of allylic oxidation sites excluding steroid dienone is 3. The topological polar surface area (TPSA) is 6.48 Å². The first-order valence-electron chi connectivity index (χ1n) is 4.89. The molecule has 0 atom stereocenters. The van der Waals surface area contributed by atoms with E-state index in [1.165, 1.54) is 11.3 Å². The van der Waals surface area contributed by atoms with Crippen molar-refractivity contribution < 1.29 is 0 Å². The molecule has 2 rings (SSSR count). The highest BCUT2D eigenvalue weighted by Gasteiger charge is 2.20. The van der Waals surface area contributed by atoms with E-state index in [4.69, 9.17) is 0 Å². The van der Waals surface area contributed by atoms with Crippen LogP contribution in [0.15, 0.2) is 35.8 Å². The molecule has 3 heteroatoms. The molecule has 0 unspecified atom stereocenters. The second-order valence-corrected chi connectivity index (χ2v) is 4.72. The zero-order chi connectivity index (χ0) is 10.1. The minimum Gasteiger partial charge on any atom is -0.327 e. The maximum Gasteiger partial charge on any atom is 0.105 e. The summed E-state index contributed by atoms with van der Waals surface area (Å²) in [4.78, 5) is 2.30. The largest absolute Gasteiger partial charge is 0.327 e. The smallest absolute Gasteiger partial charge is 0.105 e. The lowest BCUT2D eigenvalue weighted by molar-refractivity contribution is 0.425. The first-order valence-corrected chi connectivity index (χ1v) is 6.08. The Hall–Kier alpha value is -0.830. The van der Waals surface area contributed by atoms with Gasteiger partial charge in [-0.05, 0) is 17.6 Å². The van der Waals surface area contributed by atoms with Crippen LogP contribution in [-0.4, -0.2) is 22.1 Å². The van der Waals surface area contributed by atoms with Crippen LogP contribution in [0.1, 0.15) is 13.8 Å². The molecular weight excluding hydrogens is 192 g/mol. The van der Waals surface area contributed by atoms with Crippen molar-refractivity contribution in [2.45, 2.75) is 13.8 Å². The molecule has 0 amide bonds. The standard InChI is InChI=1S/C11H16N2S/c1-9(2)10-4-5-11-7-13(14-3)8-12(11)6-10/h4-7,9H,8H2,1-3H3. The lowest BCUT2D eigenvalue weighted by atomic mass is 10.0.